The van der Waals surface area contributed by atoms with E-state index in [2.05, 4.69) is 5.32 Å². The fourth-order valence-corrected chi connectivity index (χ4v) is 1.30. The van der Waals surface area contributed by atoms with Gasteiger partial charge in [-0.2, -0.15) is 5.06 Å². The number of rotatable bonds is 3. The molecule has 1 fully saturated rings. The first-order chi connectivity index (χ1) is 6.50. The molecule has 0 aromatic heterocycles. The van der Waals surface area contributed by atoms with Gasteiger partial charge in [0.15, 0.2) is 0 Å². The lowest BCUT2D eigenvalue weighted by atomic mass is 10.2. The smallest absolute Gasteiger partial charge is 0.239 e. The maximum atomic E-state index is 11.5. The van der Waals surface area contributed by atoms with Gasteiger partial charge in [0.25, 0.3) is 0 Å². The van der Waals surface area contributed by atoms with E-state index in [4.69, 9.17) is 4.84 Å². The summed E-state index contributed by atoms with van der Waals surface area (Å²) in [4.78, 5) is 16.7. The average Bonchev–Trinajstić information content (AvgIpc) is 2.49. The molecule has 2 unspecified atom stereocenters. The molecule has 2 N–H and O–H groups in total. The van der Waals surface area contributed by atoms with Gasteiger partial charge in [0, 0.05) is 6.04 Å². The van der Waals surface area contributed by atoms with Gasteiger partial charge >= 0.3 is 0 Å². The molecule has 0 aromatic carbocycles. The maximum Gasteiger partial charge on any atom is 0.239 e. The second-order valence-electron chi connectivity index (χ2n) is 3.89. The molecule has 0 saturated carbocycles. The van der Waals surface area contributed by atoms with Crippen LogP contribution in [0.25, 0.3) is 0 Å². The van der Waals surface area contributed by atoms with E-state index < -0.39 is 6.10 Å². The van der Waals surface area contributed by atoms with Crippen LogP contribution in [0.2, 0.25) is 0 Å². The lowest BCUT2D eigenvalue weighted by molar-refractivity contribution is -0.158. The Labute approximate surface area is 84.0 Å². The Morgan fingerprint density at radius 1 is 1.57 bits per heavy atom. The molecule has 14 heavy (non-hydrogen) atoms. The van der Waals surface area contributed by atoms with E-state index in [-0.39, 0.29) is 24.6 Å². The van der Waals surface area contributed by atoms with Crippen molar-refractivity contribution in [2.24, 2.45) is 0 Å². The van der Waals surface area contributed by atoms with Crippen LogP contribution in [-0.2, 0) is 9.63 Å². The monoisotopic (exact) mass is 202 g/mol. The van der Waals surface area contributed by atoms with Crippen LogP contribution in [0.1, 0.15) is 20.8 Å². The Bertz CT molecular complexity index is 208. The number of β-amino-alcohol motifs (C(OH)–C–C–N with tert-alkyl or cyclic N) is 1. The highest BCUT2D eigenvalue weighted by Crippen LogP contribution is 2.10. The quantitative estimate of drug-likeness (QED) is 0.648. The third-order valence-electron chi connectivity index (χ3n) is 2.07. The van der Waals surface area contributed by atoms with Crippen molar-refractivity contribution in [2.45, 2.75) is 39.0 Å². The summed E-state index contributed by atoms with van der Waals surface area (Å²) in [6.45, 7) is 6.25. The van der Waals surface area contributed by atoms with Crippen LogP contribution in [0, 0.1) is 0 Å². The topological polar surface area (TPSA) is 61.8 Å². The van der Waals surface area contributed by atoms with Crippen LogP contribution in [0.5, 0.6) is 0 Å². The molecule has 2 atom stereocenters. The molecule has 1 saturated heterocycles. The third kappa shape index (κ3) is 2.94. The number of nitrogens with one attached hydrogen (secondary N) is 1. The summed E-state index contributed by atoms with van der Waals surface area (Å²) in [5, 5.41) is 13.5. The largest absolute Gasteiger partial charge is 0.389 e. The van der Waals surface area contributed by atoms with Crippen LogP contribution in [-0.4, -0.2) is 47.4 Å². The van der Waals surface area contributed by atoms with Crippen LogP contribution >= 0.6 is 0 Å². The normalized spacial score (nSPS) is 25.4. The molecule has 1 rings (SSSR count). The molecule has 1 aliphatic heterocycles. The first-order valence-corrected chi connectivity index (χ1v) is 4.88. The molecule has 1 amide bonds. The van der Waals surface area contributed by atoms with Crippen LogP contribution in [0.15, 0.2) is 0 Å². The summed E-state index contributed by atoms with van der Waals surface area (Å²) >= 11 is 0. The zero-order valence-corrected chi connectivity index (χ0v) is 8.86. The van der Waals surface area contributed by atoms with Gasteiger partial charge in [-0.05, 0) is 20.8 Å². The highest BCUT2D eigenvalue weighted by molar-refractivity contribution is 5.81. The van der Waals surface area contributed by atoms with E-state index in [0.717, 1.165) is 0 Å². The van der Waals surface area contributed by atoms with Crippen molar-refractivity contribution in [1.82, 2.24) is 10.4 Å². The van der Waals surface area contributed by atoms with Gasteiger partial charge in [-0.1, -0.05) is 0 Å². The molecule has 0 aromatic rings. The fraction of sp³-hybridized carbons (Fsp3) is 0.889. The molecule has 0 bridgehead atoms. The minimum Gasteiger partial charge on any atom is -0.389 e. The van der Waals surface area contributed by atoms with Crippen molar-refractivity contribution < 1.29 is 14.7 Å². The lowest BCUT2D eigenvalue weighted by Crippen LogP contribution is -2.45. The van der Waals surface area contributed by atoms with Gasteiger partial charge in [-0.15, -0.1) is 0 Å². The van der Waals surface area contributed by atoms with E-state index in [0.29, 0.717) is 6.54 Å². The number of aliphatic hydroxyl groups excluding tert-OH is 1. The average molecular weight is 202 g/mol. The standard InChI is InChI=1S/C9H18N2O3/c1-6(2)10-9(13)7(3)11-4-8(12)5-14-11/h6-8,12H,4-5H2,1-3H3,(H,10,13). The molecule has 1 heterocycles. The summed E-state index contributed by atoms with van der Waals surface area (Å²) in [6, 6.07) is -0.230. The predicted octanol–water partition coefficient (Wildman–Crippen LogP) is -0.492. The van der Waals surface area contributed by atoms with E-state index in [9.17, 15) is 9.90 Å². The van der Waals surface area contributed by atoms with E-state index in [1.807, 2.05) is 13.8 Å². The van der Waals surface area contributed by atoms with Crippen molar-refractivity contribution in [2.75, 3.05) is 13.2 Å². The molecule has 5 heteroatoms. The number of hydroxylamine groups is 2. The fourth-order valence-electron chi connectivity index (χ4n) is 1.30. The number of carbonyl (C=O) groups excluding carboxylic acids is 1. The molecular weight excluding hydrogens is 184 g/mol. The molecule has 0 aliphatic carbocycles. The predicted molar refractivity (Wildman–Crippen MR) is 51.4 cm³/mol. The zero-order chi connectivity index (χ0) is 10.7. The van der Waals surface area contributed by atoms with Crippen molar-refractivity contribution in [3.8, 4) is 0 Å². The lowest BCUT2D eigenvalue weighted by Gasteiger charge is -2.22. The van der Waals surface area contributed by atoms with E-state index in [1.54, 1.807) is 6.92 Å². The summed E-state index contributed by atoms with van der Waals surface area (Å²) in [5.41, 5.74) is 0. The zero-order valence-electron chi connectivity index (χ0n) is 8.86. The summed E-state index contributed by atoms with van der Waals surface area (Å²) in [7, 11) is 0. The Morgan fingerprint density at radius 3 is 2.64 bits per heavy atom. The second-order valence-corrected chi connectivity index (χ2v) is 3.89. The molecule has 0 radical (unpaired) electrons. The molecule has 82 valence electrons. The minimum absolute atomic E-state index is 0.0749. The highest BCUT2D eigenvalue weighted by Gasteiger charge is 2.29. The van der Waals surface area contributed by atoms with Gasteiger partial charge in [0.1, 0.15) is 6.04 Å². The SMILES string of the molecule is CC(C)NC(=O)C(C)N1CC(O)CO1. The van der Waals surface area contributed by atoms with Crippen LogP contribution in [0.3, 0.4) is 0 Å². The van der Waals surface area contributed by atoms with Gasteiger partial charge in [0.2, 0.25) is 5.91 Å². The summed E-state index contributed by atoms with van der Waals surface area (Å²) < 4.78 is 0. The molecule has 0 spiro atoms. The van der Waals surface area contributed by atoms with Crippen LogP contribution < -0.4 is 5.32 Å². The molecular formula is C9H18N2O3. The molecule has 5 nitrogen and oxygen atoms in total. The number of hydrogen-bond donors (Lipinski definition) is 2. The summed E-state index contributed by atoms with van der Waals surface area (Å²) in [5.74, 6) is -0.0749. The van der Waals surface area contributed by atoms with Crippen molar-refractivity contribution in [3.05, 3.63) is 0 Å². The van der Waals surface area contributed by atoms with Gasteiger partial charge < -0.3 is 10.4 Å². The van der Waals surface area contributed by atoms with Gasteiger partial charge in [-0.25, -0.2) is 0 Å². The van der Waals surface area contributed by atoms with Crippen molar-refractivity contribution in [1.29, 1.82) is 0 Å². The maximum absolute atomic E-state index is 11.5. The summed E-state index contributed by atoms with van der Waals surface area (Å²) in [6.07, 6.45) is -0.482. The number of aliphatic hydroxyl groups is 1. The molecule has 1 aliphatic rings. The van der Waals surface area contributed by atoms with Gasteiger partial charge in [-0.3, -0.25) is 9.63 Å². The third-order valence-corrected chi connectivity index (χ3v) is 2.07. The first-order valence-electron chi connectivity index (χ1n) is 4.88. The second kappa shape index (κ2) is 4.72. The van der Waals surface area contributed by atoms with Gasteiger partial charge in [0.05, 0.1) is 19.3 Å². The minimum atomic E-state index is -0.482. The van der Waals surface area contributed by atoms with Crippen molar-refractivity contribution >= 4 is 5.91 Å². The van der Waals surface area contributed by atoms with E-state index >= 15 is 0 Å². The van der Waals surface area contributed by atoms with Crippen LogP contribution in [0.4, 0.5) is 0 Å². The first kappa shape index (κ1) is 11.4. The number of hydrogen-bond acceptors (Lipinski definition) is 4. The number of amides is 1. The van der Waals surface area contributed by atoms with E-state index in [1.165, 1.54) is 5.06 Å². The Morgan fingerprint density at radius 2 is 2.21 bits per heavy atom. The highest BCUT2D eigenvalue weighted by atomic mass is 16.7. The number of nitrogens with zero attached hydrogens (tertiary/aromatic N) is 1. The van der Waals surface area contributed by atoms with Crippen molar-refractivity contribution in [3.63, 3.8) is 0 Å². The Kier molecular flexibility index (Phi) is 3.86. The Balaban J connectivity index is 2.40. The Hall–Kier alpha value is -0.650. The number of carbonyl (C=O) groups is 1.